The van der Waals surface area contributed by atoms with Crippen molar-refractivity contribution in [3.63, 3.8) is 0 Å². The molecule has 0 nitrogen and oxygen atoms in total. The Morgan fingerprint density at radius 2 is 1.81 bits per heavy atom. The normalized spacial score (nSPS) is 33.4. The SMILES string of the molecule is CCC1(C)CCC(C)(C)C2=C1CC=C(C)C2. The third-order valence-corrected chi connectivity index (χ3v) is 5.10. The molecule has 0 bridgehead atoms. The van der Waals surface area contributed by atoms with Crippen LogP contribution in [0.1, 0.15) is 66.7 Å². The zero-order valence-corrected chi connectivity index (χ0v) is 11.6. The van der Waals surface area contributed by atoms with Gasteiger partial charge in [-0.2, -0.15) is 0 Å². The van der Waals surface area contributed by atoms with Crippen LogP contribution in [-0.4, -0.2) is 0 Å². The maximum atomic E-state index is 2.48. The predicted molar refractivity (Wildman–Crippen MR) is 71.4 cm³/mol. The van der Waals surface area contributed by atoms with Gasteiger partial charge in [0.2, 0.25) is 0 Å². The van der Waals surface area contributed by atoms with Crippen molar-refractivity contribution in [1.82, 2.24) is 0 Å². The minimum absolute atomic E-state index is 0.444. The second-order valence-corrected chi connectivity index (χ2v) is 6.69. The Morgan fingerprint density at radius 1 is 1.12 bits per heavy atom. The molecule has 1 unspecified atom stereocenters. The monoisotopic (exact) mass is 218 g/mol. The van der Waals surface area contributed by atoms with Gasteiger partial charge >= 0.3 is 0 Å². The van der Waals surface area contributed by atoms with Crippen molar-refractivity contribution in [3.05, 3.63) is 22.8 Å². The van der Waals surface area contributed by atoms with Crippen molar-refractivity contribution in [2.24, 2.45) is 10.8 Å². The minimum Gasteiger partial charge on any atom is -0.0812 e. The Bertz CT molecular complexity index is 354. The van der Waals surface area contributed by atoms with Crippen molar-refractivity contribution >= 4 is 0 Å². The molecule has 0 aromatic carbocycles. The molecule has 90 valence electrons. The molecule has 1 atom stereocenters. The lowest BCUT2D eigenvalue weighted by molar-refractivity contribution is 0.227. The van der Waals surface area contributed by atoms with Gasteiger partial charge in [-0.1, -0.05) is 50.5 Å². The third kappa shape index (κ3) is 1.77. The van der Waals surface area contributed by atoms with E-state index in [1.165, 1.54) is 32.1 Å². The summed E-state index contributed by atoms with van der Waals surface area (Å²) in [6, 6.07) is 0. The summed E-state index contributed by atoms with van der Waals surface area (Å²) in [5, 5.41) is 0. The van der Waals surface area contributed by atoms with Crippen LogP contribution in [0.5, 0.6) is 0 Å². The number of allylic oxidation sites excluding steroid dienone is 4. The van der Waals surface area contributed by atoms with Crippen LogP contribution in [0.25, 0.3) is 0 Å². The van der Waals surface area contributed by atoms with E-state index >= 15 is 0 Å². The first-order valence-corrected chi connectivity index (χ1v) is 6.78. The molecule has 0 heteroatoms. The van der Waals surface area contributed by atoms with Crippen LogP contribution in [0.2, 0.25) is 0 Å². The van der Waals surface area contributed by atoms with E-state index in [1.807, 2.05) is 0 Å². The van der Waals surface area contributed by atoms with Crippen LogP contribution < -0.4 is 0 Å². The fourth-order valence-corrected chi connectivity index (χ4v) is 3.40. The maximum Gasteiger partial charge on any atom is -0.0103 e. The molecule has 0 aromatic heterocycles. The molecule has 0 aromatic rings. The summed E-state index contributed by atoms with van der Waals surface area (Å²) in [5.41, 5.74) is 6.05. The van der Waals surface area contributed by atoms with Crippen molar-refractivity contribution in [3.8, 4) is 0 Å². The van der Waals surface area contributed by atoms with Crippen LogP contribution in [0.4, 0.5) is 0 Å². The van der Waals surface area contributed by atoms with E-state index in [0.29, 0.717) is 10.8 Å². The van der Waals surface area contributed by atoms with Crippen LogP contribution in [0.15, 0.2) is 22.8 Å². The Morgan fingerprint density at radius 3 is 2.44 bits per heavy atom. The van der Waals surface area contributed by atoms with Crippen LogP contribution in [0.3, 0.4) is 0 Å². The van der Waals surface area contributed by atoms with Crippen LogP contribution in [-0.2, 0) is 0 Å². The molecule has 0 heterocycles. The summed E-state index contributed by atoms with van der Waals surface area (Å²) < 4.78 is 0. The first-order valence-electron chi connectivity index (χ1n) is 6.78. The van der Waals surface area contributed by atoms with Crippen molar-refractivity contribution < 1.29 is 0 Å². The van der Waals surface area contributed by atoms with Gasteiger partial charge in [0.15, 0.2) is 0 Å². The lowest BCUT2D eigenvalue weighted by Crippen LogP contribution is -2.33. The van der Waals surface area contributed by atoms with Crippen molar-refractivity contribution in [2.45, 2.75) is 66.7 Å². The van der Waals surface area contributed by atoms with Crippen molar-refractivity contribution in [2.75, 3.05) is 0 Å². The van der Waals surface area contributed by atoms with E-state index in [1.54, 1.807) is 16.7 Å². The topological polar surface area (TPSA) is 0 Å². The molecular weight excluding hydrogens is 192 g/mol. The Balaban J connectivity index is 2.45. The lowest BCUT2D eigenvalue weighted by Gasteiger charge is -2.47. The average molecular weight is 218 g/mol. The Hall–Kier alpha value is -0.520. The van der Waals surface area contributed by atoms with Crippen LogP contribution in [0, 0.1) is 10.8 Å². The summed E-state index contributed by atoms with van der Waals surface area (Å²) in [6.07, 6.45) is 8.95. The van der Waals surface area contributed by atoms with E-state index in [4.69, 9.17) is 0 Å². The number of rotatable bonds is 1. The molecule has 16 heavy (non-hydrogen) atoms. The highest BCUT2D eigenvalue weighted by atomic mass is 14.5. The standard InChI is InChI=1S/C16H26/c1-6-16(5)10-9-15(3,4)14-11-12(2)7-8-13(14)16/h7H,6,8-11H2,1-5H3. The Kier molecular flexibility index (Phi) is 2.80. The van der Waals surface area contributed by atoms with E-state index in [0.717, 1.165) is 0 Å². The van der Waals surface area contributed by atoms with Gasteiger partial charge in [0.25, 0.3) is 0 Å². The number of hydrogen-bond donors (Lipinski definition) is 0. The second-order valence-electron chi connectivity index (χ2n) is 6.69. The summed E-state index contributed by atoms with van der Waals surface area (Å²) in [4.78, 5) is 0. The van der Waals surface area contributed by atoms with E-state index in [-0.39, 0.29) is 0 Å². The largest absolute Gasteiger partial charge is 0.0812 e. The molecule has 0 fully saturated rings. The van der Waals surface area contributed by atoms with Gasteiger partial charge in [0, 0.05) is 0 Å². The maximum absolute atomic E-state index is 2.48. The summed E-state index contributed by atoms with van der Waals surface area (Å²) in [7, 11) is 0. The highest BCUT2D eigenvalue weighted by Crippen LogP contribution is 2.54. The van der Waals surface area contributed by atoms with Gasteiger partial charge < -0.3 is 0 Å². The van der Waals surface area contributed by atoms with E-state index < -0.39 is 0 Å². The predicted octanol–water partition coefficient (Wildman–Crippen LogP) is 5.26. The summed E-state index contributed by atoms with van der Waals surface area (Å²) in [6.45, 7) is 12.0. The fourth-order valence-electron chi connectivity index (χ4n) is 3.40. The summed E-state index contributed by atoms with van der Waals surface area (Å²) in [5.74, 6) is 0. The minimum atomic E-state index is 0.444. The van der Waals surface area contributed by atoms with Gasteiger partial charge in [0.1, 0.15) is 0 Å². The second kappa shape index (κ2) is 3.75. The smallest absolute Gasteiger partial charge is 0.0103 e. The molecule has 0 N–H and O–H groups in total. The van der Waals surface area contributed by atoms with Crippen molar-refractivity contribution in [1.29, 1.82) is 0 Å². The number of hydrogen-bond acceptors (Lipinski definition) is 0. The van der Waals surface area contributed by atoms with Gasteiger partial charge in [0.05, 0.1) is 0 Å². The molecular formula is C16H26. The van der Waals surface area contributed by atoms with Crippen LogP contribution >= 0.6 is 0 Å². The molecule has 0 spiro atoms. The van der Waals surface area contributed by atoms with Gasteiger partial charge in [-0.25, -0.2) is 0 Å². The van der Waals surface area contributed by atoms with Gasteiger partial charge in [-0.3, -0.25) is 0 Å². The molecule has 0 saturated heterocycles. The van der Waals surface area contributed by atoms with Gasteiger partial charge in [-0.05, 0) is 49.9 Å². The van der Waals surface area contributed by atoms with E-state index in [9.17, 15) is 0 Å². The highest BCUT2D eigenvalue weighted by Gasteiger charge is 2.40. The fraction of sp³-hybridized carbons (Fsp3) is 0.750. The zero-order chi connectivity index (χ0) is 12.0. The Labute approximate surface area is 101 Å². The summed E-state index contributed by atoms with van der Waals surface area (Å²) >= 11 is 0. The lowest BCUT2D eigenvalue weighted by atomic mass is 9.58. The van der Waals surface area contributed by atoms with E-state index in [2.05, 4.69) is 40.7 Å². The highest BCUT2D eigenvalue weighted by molar-refractivity contribution is 5.38. The molecule has 2 aliphatic rings. The molecule has 2 aliphatic carbocycles. The zero-order valence-electron chi connectivity index (χ0n) is 11.6. The molecule has 2 rings (SSSR count). The first kappa shape index (κ1) is 12.0. The third-order valence-electron chi connectivity index (χ3n) is 5.10. The molecule has 0 saturated carbocycles. The quantitative estimate of drug-likeness (QED) is 0.527. The average Bonchev–Trinajstić information content (AvgIpc) is 2.25. The molecule has 0 radical (unpaired) electrons. The first-order chi connectivity index (χ1) is 7.39. The van der Waals surface area contributed by atoms with Gasteiger partial charge in [-0.15, -0.1) is 0 Å². The molecule has 0 aliphatic heterocycles. The molecule has 0 amide bonds.